The predicted octanol–water partition coefficient (Wildman–Crippen LogP) is 1.11. The summed E-state index contributed by atoms with van der Waals surface area (Å²) in [4.78, 5) is 24.7. The monoisotopic (exact) mass is 292 g/mol. The van der Waals surface area contributed by atoms with E-state index < -0.39 is 11.9 Å². The van der Waals surface area contributed by atoms with Crippen LogP contribution in [0.4, 0.5) is 5.95 Å². The number of piperazine rings is 1. The van der Waals surface area contributed by atoms with E-state index in [1.54, 1.807) is 6.92 Å². The van der Waals surface area contributed by atoms with Crippen molar-refractivity contribution >= 4 is 11.9 Å². The molecule has 1 N–H and O–H groups in total. The fraction of sp³-hybridized carbons (Fsp3) is 0.667. The molecule has 1 aliphatic heterocycles. The van der Waals surface area contributed by atoms with Crippen molar-refractivity contribution in [3.63, 3.8) is 0 Å². The van der Waals surface area contributed by atoms with Gasteiger partial charge in [-0.2, -0.15) is 0 Å². The van der Waals surface area contributed by atoms with Crippen LogP contribution < -0.4 is 4.90 Å². The Bertz CT molecular complexity index is 501. The van der Waals surface area contributed by atoms with Crippen LogP contribution in [0.1, 0.15) is 23.9 Å². The fourth-order valence-electron chi connectivity index (χ4n) is 2.56. The summed E-state index contributed by atoms with van der Waals surface area (Å²) < 4.78 is 0. The number of nitrogens with zero attached hydrogens (tertiary/aromatic N) is 4. The summed E-state index contributed by atoms with van der Waals surface area (Å²) in [6.45, 7) is 9.49. The van der Waals surface area contributed by atoms with E-state index in [2.05, 4.69) is 26.8 Å². The number of likely N-dealkylation sites (N-methyl/N-ethyl adjacent to an activating group) is 1. The zero-order chi connectivity index (χ0) is 15.6. The van der Waals surface area contributed by atoms with E-state index in [9.17, 15) is 4.79 Å². The molecule has 0 spiro atoms. The van der Waals surface area contributed by atoms with E-state index in [0.717, 1.165) is 49.1 Å². The summed E-state index contributed by atoms with van der Waals surface area (Å²) in [5.41, 5.74) is 2.75. The Morgan fingerprint density at radius 3 is 2.19 bits per heavy atom. The van der Waals surface area contributed by atoms with Gasteiger partial charge in [-0.1, -0.05) is 6.92 Å². The normalized spacial score (nSPS) is 17.8. The highest BCUT2D eigenvalue weighted by molar-refractivity contribution is 5.70. The van der Waals surface area contributed by atoms with Crippen molar-refractivity contribution in [1.29, 1.82) is 0 Å². The van der Waals surface area contributed by atoms with Crippen LogP contribution >= 0.6 is 0 Å². The molecule has 0 radical (unpaired) electrons. The van der Waals surface area contributed by atoms with Gasteiger partial charge in [0.1, 0.15) is 0 Å². The van der Waals surface area contributed by atoms with Gasteiger partial charge in [-0.15, -0.1) is 0 Å². The van der Waals surface area contributed by atoms with E-state index in [1.807, 2.05) is 13.8 Å². The molecular formula is C15H24N4O2. The third kappa shape index (κ3) is 3.69. The van der Waals surface area contributed by atoms with Crippen LogP contribution in [0.3, 0.4) is 0 Å². The first-order chi connectivity index (χ1) is 9.88. The molecule has 0 aromatic carbocycles. The maximum absolute atomic E-state index is 11.0. The van der Waals surface area contributed by atoms with Crippen LogP contribution in [-0.4, -0.2) is 59.2 Å². The van der Waals surface area contributed by atoms with E-state index in [-0.39, 0.29) is 0 Å². The highest BCUT2D eigenvalue weighted by Crippen LogP contribution is 2.19. The van der Waals surface area contributed by atoms with Gasteiger partial charge in [-0.3, -0.25) is 4.79 Å². The number of anilines is 1. The van der Waals surface area contributed by atoms with Crippen molar-refractivity contribution in [2.45, 2.75) is 27.2 Å². The molecule has 1 saturated heterocycles. The minimum atomic E-state index is -0.781. The lowest BCUT2D eigenvalue weighted by atomic mass is 9.99. The van der Waals surface area contributed by atoms with Crippen LogP contribution in [0, 0.1) is 19.8 Å². The first-order valence-electron chi connectivity index (χ1n) is 7.39. The quantitative estimate of drug-likeness (QED) is 0.896. The Kier molecular flexibility index (Phi) is 4.77. The molecule has 2 rings (SSSR count). The number of carboxylic acid groups (broad SMARTS) is 1. The minimum absolute atomic E-state index is 0.416. The lowest BCUT2D eigenvalue weighted by molar-refractivity contribution is -0.141. The highest BCUT2D eigenvalue weighted by Gasteiger charge is 2.20. The molecule has 6 nitrogen and oxygen atoms in total. The highest BCUT2D eigenvalue weighted by atomic mass is 16.4. The summed E-state index contributed by atoms with van der Waals surface area (Å²) in [5.74, 6) is -0.428. The van der Waals surface area contributed by atoms with Crippen LogP contribution in [-0.2, 0) is 11.2 Å². The van der Waals surface area contributed by atoms with Gasteiger partial charge < -0.3 is 14.9 Å². The molecule has 21 heavy (non-hydrogen) atoms. The first kappa shape index (κ1) is 15.7. The minimum Gasteiger partial charge on any atom is -0.481 e. The van der Waals surface area contributed by atoms with Gasteiger partial charge in [-0.25, -0.2) is 9.97 Å². The molecule has 1 aromatic rings. The molecule has 0 amide bonds. The lowest BCUT2D eigenvalue weighted by Crippen LogP contribution is -2.45. The van der Waals surface area contributed by atoms with Crippen molar-refractivity contribution in [3.8, 4) is 0 Å². The van der Waals surface area contributed by atoms with Crippen LogP contribution in [0.5, 0.6) is 0 Å². The Morgan fingerprint density at radius 1 is 1.19 bits per heavy atom. The number of hydrogen-bond donors (Lipinski definition) is 1. The molecule has 6 heteroatoms. The average molecular weight is 292 g/mol. The molecule has 0 bridgehead atoms. The number of carbonyl (C=O) groups is 1. The van der Waals surface area contributed by atoms with Gasteiger partial charge in [0.25, 0.3) is 0 Å². The molecule has 0 saturated carbocycles. The Hall–Kier alpha value is -1.69. The van der Waals surface area contributed by atoms with E-state index >= 15 is 0 Å². The Labute approximate surface area is 125 Å². The molecule has 2 heterocycles. The number of rotatable bonds is 4. The van der Waals surface area contributed by atoms with E-state index in [0.29, 0.717) is 6.42 Å². The maximum atomic E-state index is 11.0. The maximum Gasteiger partial charge on any atom is 0.306 e. The predicted molar refractivity (Wildman–Crippen MR) is 81.7 cm³/mol. The van der Waals surface area contributed by atoms with Gasteiger partial charge in [0.05, 0.1) is 5.92 Å². The van der Waals surface area contributed by atoms with Crippen molar-refractivity contribution in [2.24, 2.45) is 5.92 Å². The molecule has 1 aromatic heterocycles. The van der Waals surface area contributed by atoms with Gasteiger partial charge in [0, 0.05) is 37.6 Å². The number of hydrogen-bond acceptors (Lipinski definition) is 5. The third-order valence-corrected chi connectivity index (χ3v) is 4.13. The zero-order valence-corrected chi connectivity index (χ0v) is 13.3. The number of aromatic nitrogens is 2. The Morgan fingerprint density at radius 2 is 1.71 bits per heavy atom. The lowest BCUT2D eigenvalue weighted by Gasteiger charge is -2.32. The largest absolute Gasteiger partial charge is 0.481 e. The van der Waals surface area contributed by atoms with E-state index in [4.69, 9.17) is 5.11 Å². The standard InChI is InChI=1S/C15H24N4O2/c1-10(14(20)21)9-13-11(2)16-15(17-12(13)3)19-7-5-18(4)6-8-19/h10H,5-9H2,1-4H3,(H,20,21). The molecule has 1 atom stereocenters. The molecule has 1 aliphatic rings. The van der Waals surface area contributed by atoms with Crippen molar-refractivity contribution < 1.29 is 9.90 Å². The molecule has 1 unspecified atom stereocenters. The molecular weight excluding hydrogens is 268 g/mol. The van der Waals surface area contributed by atoms with Crippen LogP contribution in [0.2, 0.25) is 0 Å². The van der Waals surface area contributed by atoms with Crippen molar-refractivity contribution in [3.05, 3.63) is 17.0 Å². The zero-order valence-electron chi connectivity index (χ0n) is 13.3. The summed E-state index contributed by atoms with van der Waals surface area (Å²) in [5, 5.41) is 9.05. The van der Waals surface area contributed by atoms with Crippen molar-refractivity contribution in [2.75, 3.05) is 38.1 Å². The van der Waals surface area contributed by atoms with Crippen LogP contribution in [0.25, 0.3) is 0 Å². The smallest absolute Gasteiger partial charge is 0.306 e. The van der Waals surface area contributed by atoms with Gasteiger partial charge >= 0.3 is 5.97 Å². The summed E-state index contributed by atoms with van der Waals surface area (Å²) in [6.07, 6.45) is 0.482. The summed E-state index contributed by atoms with van der Waals surface area (Å²) in [7, 11) is 2.12. The number of aliphatic carboxylic acids is 1. The summed E-state index contributed by atoms with van der Waals surface area (Å²) >= 11 is 0. The Balaban J connectivity index is 2.18. The van der Waals surface area contributed by atoms with Gasteiger partial charge in [0.15, 0.2) is 0 Å². The second-order valence-electron chi connectivity index (χ2n) is 5.91. The molecule has 116 valence electrons. The van der Waals surface area contributed by atoms with Gasteiger partial charge in [0.2, 0.25) is 5.95 Å². The average Bonchev–Trinajstić information content (AvgIpc) is 2.43. The number of aryl methyl sites for hydroxylation is 2. The third-order valence-electron chi connectivity index (χ3n) is 4.13. The van der Waals surface area contributed by atoms with Gasteiger partial charge in [-0.05, 0) is 32.9 Å². The number of carboxylic acids is 1. The first-order valence-corrected chi connectivity index (χ1v) is 7.39. The summed E-state index contributed by atoms with van der Waals surface area (Å²) in [6, 6.07) is 0. The second-order valence-corrected chi connectivity index (χ2v) is 5.91. The molecule has 1 fully saturated rings. The second kappa shape index (κ2) is 6.39. The fourth-order valence-corrected chi connectivity index (χ4v) is 2.56. The molecule has 0 aliphatic carbocycles. The topological polar surface area (TPSA) is 69.6 Å². The van der Waals surface area contributed by atoms with Crippen LogP contribution in [0.15, 0.2) is 0 Å². The van der Waals surface area contributed by atoms with Crippen molar-refractivity contribution in [1.82, 2.24) is 14.9 Å². The van der Waals surface area contributed by atoms with E-state index in [1.165, 1.54) is 0 Å². The SMILES string of the molecule is Cc1nc(N2CCN(C)CC2)nc(C)c1CC(C)C(=O)O.